The van der Waals surface area contributed by atoms with Gasteiger partial charge in [-0.15, -0.1) is 0 Å². The lowest BCUT2D eigenvalue weighted by Crippen LogP contribution is -2.28. The summed E-state index contributed by atoms with van der Waals surface area (Å²) in [5.41, 5.74) is 3.33. The lowest BCUT2D eigenvalue weighted by Gasteiger charge is -2.19. The van der Waals surface area contributed by atoms with Gasteiger partial charge in [-0.25, -0.2) is 0 Å². The van der Waals surface area contributed by atoms with Crippen LogP contribution in [0.1, 0.15) is 24.7 Å². The maximum Gasteiger partial charge on any atom is 0.257 e. The van der Waals surface area contributed by atoms with Gasteiger partial charge >= 0.3 is 0 Å². The number of carbonyl (C=O) groups excluding carboxylic acids is 2. The molecule has 2 amide bonds. The van der Waals surface area contributed by atoms with E-state index in [0.717, 1.165) is 16.8 Å². The summed E-state index contributed by atoms with van der Waals surface area (Å²) in [5, 5.41) is 6.79. The van der Waals surface area contributed by atoms with Crippen LogP contribution in [0.4, 0.5) is 11.4 Å². The number of benzene rings is 2. The van der Waals surface area contributed by atoms with Crippen molar-refractivity contribution in [2.45, 2.75) is 26.7 Å². The monoisotopic (exact) mass is 390 g/mol. The van der Waals surface area contributed by atoms with Crippen molar-refractivity contribution in [2.24, 2.45) is 5.92 Å². The van der Waals surface area contributed by atoms with Gasteiger partial charge in [0.25, 0.3) is 5.89 Å². The van der Waals surface area contributed by atoms with Crippen LogP contribution in [0, 0.1) is 12.8 Å². The molecule has 4 rings (SSSR count). The molecule has 1 fully saturated rings. The minimum atomic E-state index is -0.384. The number of anilines is 2. The maximum absolute atomic E-state index is 12.7. The number of aromatic nitrogens is 2. The van der Waals surface area contributed by atoms with Gasteiger partial charge in [0.2, 0.25) is 11.8 Å². The third-order valence-corrected chi connectivity index (χ3v) is 5.09. The van der Waals surface area contributed by atoms with Crippen molar-refractivity contribution in [2.75, 3.05) is 16.8 Å². The average Bonchev–Trinajstić information content (AvgIpc) is 3.36. The van der Waals surface area contributed by atoms with Gasteiger partial charge in [-0.2, -0.15) is 4.98 Å². The highest BCUT2D eigenvalue weighted by Gasteiger charge is 2.35. The van der Waals surface area contributed by atoms with Crippen molar-refractivity contribution in [1.29, 1.82) is 0 Å². The highest BCUT2D eigenvalue weighted by molar-refractivity contribution is 6.03. The Kier molecular flexibility index (Phi) is 5.12. The lowest BCUT2D eigenvalue weighted by molar-refractivity contribution is -0.122. The molecule has 2 heterocycles. The zero-order chi connectivity index (χ0) is 20.4. The van der Waals surface area contributed by atoms with Gasteiger partial charge in [0, 0.05) is 36.3 Å². The van der Waals surface area contributed by atoms with E-state index in [0.29, 0.717) is 30.4 Å². The zero-order valence-electron chi connectivity index (χ0n) is 16.4. The van der Waals surface area contributed by atoms with Crippen molar-refractivity contribution in [3.05, 3.63) is 59.9 Å². The van der Waals surface area contributed by atoms with Crippen LogP contribution in [-0.4, -0.2) is 28.5 Å². The molecule has 0 unspecified atom stereocenters. The highest BCUT2D eigenvalue weighted by Crippen LogP contribution is 2.28. The Bertz CT molecular complexity index is 1040. The van der Waals surface area contributed by atoms with E-state index in [-0.39, 0.29) is 24.2 Å². The Labute approximate surface area is 168 Å². The topological polar surface area (TPSA) is 88.3 Å². The molecular formula is C22H22N4O3. The summed E-state index contributed by atoms with van der Waals surface area (Å²) in [6.45, 7) is 4.31. The van der Waals surface area contributed by atoms with Crippen molar-refractivity contribution >= 4 is 23.2 Å². The summed E-state index contributed by atoms with van der Waals surface area (Å²) in [6, 6.07) is 14.9. The van der Waals surface area contributed by atoms with E-state index < -0.39 is 0 Å². The Morgan fingerprint density at radius 2 is 1.97 bits per heavy atom. The molecule has 1 N–H and O–H groups in total. The summed E-state index contributed by atoms with van der Waals surface area (Å²) in [7, 11) is 0. The molecule has 1 aliphatic heterocycles. The molecular weight excluding hydrogens is 368 g/mol. The number of rotatable bonds is 5. The van der Waals surface area contributed by atoms with Crippen LogP contribution >= 0.6 is 0 Å². The van der Waals surface area contributed by atoms with Gasteiger partial charge < -0.3 is 14.7 Å². The summed E-state index contributed by atoms with van der Waals surface area (Å²) < 4.78 is 5.23. The van der Waals surface area contributed by atoms with Gasteiger partial charge in [0.15, 0.2) is 5.82 Å². The van der Waals surface area contributed by atoms with Gasteiger partial charge in [0.05, 0.1) is 5.92 Å². The van der Waals surface area contributed by atoms with Crippen LogP contribution < -0.4 is 10.2 Å². The molecule has 0 aliphatic carbocycles. The molecule has 0 saturated carbocycles. The zero-order valence-corrected chi connectivity index (χ0v) is 16.4. The fourth-order valence-electron chi connectivity index (χ4n) is 3.44. The van der Waals surface area contributed by atoms with E-state index >= 15 is 0 Å². The number of hydrogen-bond acceptors (Lipinski definition) is 5. The number of para-hydroxylation sites is 1. The Hall–Kier alpha value is -3.48. The number of nitrogens with zero attached hydrogens (tertiary/aromatic N) is 3. The fraction of sp³-hybridized carbons (Fsp3) is 0.273. The third kappa shape index (κ3) is 3.89. The molecule has 3 aromatic rings. The van der Waals surface area contributed by atoms with E-state index in [9.17, 15) is 9.59 Å². The highest BCUT2D eigenvalue weighted by atomic mass is 16.5. The molecule has 148 valence electrons. The maximum atomic E-state index is 12.7. The number of amides is 2. The predicted molar refractivity (Wildman–Crippen MR) is 109 cm³/mol. The summed E-state index contributed by atoms with van der Waals surface area (Å²) in [4.78, 5) is 31.1. The van der Waals surface area contributed by atoms with E-state index in [1.54, 1.807) is 17.0 Å². The SMILES string of the molecule is CCc1noc(-c2ccc(NC(=O)[C@@H]3CC(=O)N(c4ccccc4C)C3)cc2)n1. The molecule has 7 nitrogen and oxygen atoms in total. The normalized spacial score (nSPS) is 16.3. The standard InChI is InChI=1S/C22H22N4O3/c1-3-19-24-22(29-25-19)15-8-10-17(11-9-15)23-21(28)16-12-20(27)26(13-16)18-7-5-4-6-14(18)2/h4-11,16H,3,12-13H2,1-2H3,(H,23,28)/t16-/m1/s1. The average molecular weight is 390 g/mol. The second-order valence-corrected chi connectivity index (χ2v) is 7.13. The van der Waals surface area contributed by atoms with E-state index in [4.69, 9.17) is 4.52 Å². The second kappa shape index (κ2) is 7.87. The minimum Gasteiger partial charge on any atom is -0.334 e. The molecule has 0 radical (unpaired) electrons. The molecule has 0 spiro atoms. The first-order chi connectivity index (χ1) is 14.0. The van der Waals surface area contributed by atoms with E-state index in [1.807, 2.05) is 50.2 Å². The first-order valence-corrected chi connectivity index (χ1v) is 9.65. The first kappa shape index (κ1) is 18.9. The number of aryl methyl sites for hydroxylation is 2. The van der Waals surface area contributed by atoms with Crippen LogP contribution in [0.5, 0.6) is 0 Å². The Morgan fingerprint density at radius 1 is 1.21 bits per heavy atom. The number of carbonyl (C=O) groups is 2. The van der Waals surface area contributed by atoms with E-state index in [1.165, 1.54) is 0 Å². The fourth-order valence-corrected chi connectivity index (χ4v) is 3.44. The first-order valence-electron chi connectivity index (χ1n) is 9.65. The molecule has 1 saturated heterocycles. The molecule has 7 heteroatoms. The van der Waals surface area contributed by atoms with E-state index in [2.05, 4.69) is 15.5 Å². The van der Waals surface area contributed by atoms with Crippen molar-refractivity contribution < 1.29 is 14.1 Å². The molecule has 2 aromatic carbocycles. The molecule has 29 heavy (non-hydrogen) atoms. The largest absolute Gasteiger partial charge is 0.334 e. The molecule has 1 atom stereocenters. The van der Waals surface area contributed by atoms with Crippen LogP contribution in [0.15, 0.2) is 53.1 Å². The predicted octanol–water partition coefficient (Wildman–Crippen LogP) is 3.60. The van der Waals surface area contributed by atoms with Gasteiger partial charge in [-0.05, 0) is 42.8 Å². The van der Waals surface area contributed by atoms with Gasteiger partial charge in [0.1, 0.15) is 0 Å². The van der Waals surface area contributed by atoms with Gasteiger partial charge in [-0.1, -0.05) is 30.3 Å². The smallest absolute Gasteiger partial charge is 0.257 e. The van der Waals surface area contributed by atoms with Crippen LogP contribution in [-0.2, 0) is 16.0 Å². The summed E-state index contributed by atoms with van der Waals surface area (Å²) in [5.74, 6) is 0.535. The molecule has 1 aliphatic rings. The summed E-state index contributed by atoms with van der Waals surface area (Å²) >= 11 is 0. The van der Waals surface area contributed by atoms with Gasteiger partial charge in [-0.3, -0.25) is 9.59 Å². The van der Waals surface area contributed by atoms with Crippen LogP contribution in [0.3, 0.4) is 0 Å². The summed E-state index contributed by atoms with van der Waals surface area (Å²) in [6.07, 6.45) is 0.914. The molecule has 0 bridgehead atoms. The second-order valence-electron chi connectivity index (χ2n) is 7.13. The minimum absolute atomic E-state index is 0.0297. The Balaban J connectivity index is 1.42. The van der Waals surface area contributed by atoms with Crippen molar-refractivity contribution in [1.82, 2.24) is 10.1 Å². The Morgan fingerprint density at radius 3 is 2.66 bits per heavy atom. The molecule has 1 aromatic heterocycles. The quantitative estimate of drug-likeness (QED) is 0.719. The third-order valence-electron chi connectivity index (χ3n) is 5.09. The van der Waals surface area contributed by atoms with Crippen molar-refractivity contribution in [3.8, 4) is 11.5 Å². The number of nitrogens with one attached hydrogen (secondary N) is 1. The van der Waals surface area contributed by atoms with Crippen molar-refractivity contribution in [3.63, 3.8) is 0 Å². The van der Waals surface area contributed by atoms with Crippen LogP contribution in [0.25, 0.3) is 11.5 Å². The number of hydrogen-bond donors (Lipinski definition) is 1. The van der Waals surface area contributed by atoms with Crippen LogP contribution in [0.2, 0.25) is 0 Å². The lowest BCUT2D eigenvalue weighted by atomic mass is 10.1.